The van der Waals surface area contributed by atoms with Gasteiger partial charge in [-0.3, -0.25) is 0 Å². The fraction of sp³-hybridized carbons (Fsp3) is 0.667. The topological polar surface area (TPSA) is 12.0 Å². The summed E-state index contributed by atoms with van der Waals surface area (Å²) in [4.78, 5) is 1.50. The van der Waals surface area contributed by atoms with E-state index in [1.54, 1.807) is 0 Å². The number of aryl methyl sites for hydroxylation is 1. The van der Waals surface area contributed by atoms with E-state index in [-0.39, 0.29) is 0 Å². The van der Waals surface area contributed by atoms with Crippen molar-refractivity contribution in [3.8, 4) is 0 Å². The molecular formula is C12H18BrNS. The minimum Gasteiger partial charge on any atom is -0.314 e. The Morgan fingerprint density at radius 2 is 2.20 bits per heavy atom. The minimum atomic E-state index is 0.820. The first-order valence-corrected chi connectivity index (χ1v) is 7.48. The minimum absolute atomic E-state index is 0.820. The molecule has 0 atom stereocenters. The van der Waals surface area contributed by atoms with Crippen LogP contribution >= 0.6 is 27.3 Å². The summed E-state index contributed by atoms with van der Waals surface area (Å²) in [5.41, 5.74) is 0. The van der Waals surface area contributed by atoms with Gasteiger partial charge in [0, 0.05) is 20.8 Å². The molecule has 84 valence electrons. The molecule has 1 fully saturated rings. The van der Waals surface area contributed by atoms with E-state index >= 15 is 0 Å². The van der Waals surface area contributed by atoms with Crippen LogP contribution in [-0.2, 0) is 6.42 Å². The number of halogens is 1. The fourth-order valence-corrected chi connectivity index (χ4v) is 3.68. The van der Waals surface area contributed by atoms with E-state index < -0.39 is 0 Å². The van der Waals surface area contributed by atoms with Gasteiger partial charge in [-0.05, 0) is 54.2 Å². The van der Waals surface area contributed by atoms with Gasteiger partial charge in [-0.2, -0.15) is 0 Å². The lowest BCUT2D eigenvalue weighted by Crippen LogP contribution is -2.27. The molecule has 0 radical (unpaired) electrons. The van der Waals surface area contributed by atoms with Crippen LogP contribution in [0.15, 0.2) is 15.9 Å². The monoisotopic (exact) mass is 287 g/mol. The van der Waals surface area contributed by atoms with Crippen LogP contribution in [0.3, 0.4) is 0 Å². The third-order valence-electron chi connectivity index (χ3n) is 3.01. The van der Waals surface area contributed by atoms with Crippen LogP contribution in [0.1, 0.15) is 37.0 Å². The van der Waals surface area contributed by atoms with E-state index in [0.717, 1.165) is 6.04 Å². The van der Waals surface area contributed by atoms with Gasteiger partial charge in [0.05, 0.1) is 0 Å². The predicted octanol–water partition coefficient (Wildman–Crippen LogP) is 3.98. The number of hydrogen-bond acceptors (Lipinski definition) is 2. The van der Waals surface area contributed by atoms with Gasteiger partial charge < -0.3 is 5.32 Å². The molecule has 0 aromatic carbocycles. The molecule has 0 bridgehead atoms. The average molecular weight is 288 g/mol. The van der Waals surface area contributed by atoms with Gasteiger partial charge in [-0.1, -0.05) is 12.8 Å². The smallest absolute Gasteiger partial charge is 0.0285 e. The normalized spacial score (nSPS) is 17.4. The maximum absolute atomic E-state index is 3.65. The van der Waals surface area contributed by atoms with Gasteiger partial charge in [0.1, 0.15) is 0 Å². The Kier molecular flexibility index (Phi) is 4.66. The van der Waals surface area contributed by atoms with Crippen LogP contribution < -0.4 is 5.32 Å². The SMILES string of the molecule is Brc1csc(CCCNC2CCCC2)c1. The zero-order valence-corrected chi connectivity index (χ0v) is 11.4. The van der Waals surface area contributed by atoms with Gasteiger partial charge in [-0.25, -0.2) is 0 Å². The summed E-state index contributed by atoms with van der Waals surface area (Å²) in [5.74, 6) is 0. The molecule has 0 saturated heterocycles. The lowest BCUT2D eigenvalue weighted by molar-refractivity contribution is 0.516. The molecule has 0 aliphatic heterocycles. The molecule has 0 unspecified atom stereocenters. The van der Waals surface area contributed by atoms with Crippen molar-refractivity contribution in [2.45, 2.75) is 44.6 Å². The Morgan fingerprint density at radius 3 is 2.87 bits per heavy atom. The van der Waals surface area contributed by atoms with Crippen molar-refractivity contribution in [1.29, 1.82) is 0 Å². The largest absolute Gasteiger partial charge is 0.314 e. The van der Waals surface area contributed by atoms with Crippen molar-refractivity contribution < 1.29 is 0 Å². The molecule has 1 aromatic rings. The van der Waals surface area contributed by atoms with Crippen molar-refractivity contribution in [1.82, 2.24) is 5.32 Å². The summed E-state index contributed by atoms with van der Waals surface area (Å²) in [7, 11) is 0. The molecule has 2 rings (SSSR count). The van der Waals surface area contributed by atoms with E-state index in [2.05, 4.69) is 32.7 Å². The van der Waals surface area contributed by atoms with Crippen LogP contribution in [0.5, 0.6) is 0 Å². The highest BCUT2D eigenvalue weighted by Crippen LogP contribution is 2.21. The Labute approximate surface area is 104 Å². The second kappa shape index (κ2) is 6.02. The Balaban J connectivity index is 1.58. The Morgan fingerprint density at radius 1 is 1.40 bits per heavy atom. The summed E-state index contributed by atoms with van der Waals surface area (Å²) < 4.78 is 1.23. The van der Waals surface area contributed by atoms with Gasteiger partial charge in [-0.15, -0.1) is 11.3 Å². The lowest BCUT2D eigenvalue weighted by atomic mass is 10.2. The van der Waals surface area contributed by atoms with Crippen LogP contribution in [-0.4, -0.2) is 12.6 Å². The second-order valence-electron chi connectivity index (χ2n) is 4.27. The predicted molar refractivity (Wildman–Crippen MR) is 70.6 cm³/mol. The summed E-state index contributed by atoms with van der Waals surface area (Å²) in [6, 6.07) is 3.06. The first kappa shape index (κ1) is 11.6. The van der Waals surface area contributed by atoms with Gasteiger partial charge in [0.2, 0.25) is 0 Å². The fourth-order valence-electron chi connectivity index (χ4n) is 2.18. The lowest BCUT2D eigenvalue weighted by Gasteiger charge is -2.10. The average Bonchev–Trinajstić information content (AvgIpc) is 2.84. The molecule has 1 saturated carbocycles. The highest BCUT2D eigenvalue weighted by molar-refractivity contribution is 9.10. The molecule has 1 aromatic heterocycles. The van der Waals surface area contributed by atoms with E-state index in [1.165, 1.54) is 54.4 Å². The molecule has 1 nitrogen and oxygen atoms in total. The molecular weight excluding hydrogens is 270 g/mol. The van der Waals surface area contributed by atoms with Crippen LogP contribution in [0, 0.1) is 0 Å². The zero-order valence-electron chi connectivity index (χ0n) is 8.97. The maximum atomic E-state index is 3.65. The first-order chi connectivity index (χ1) is 7.34. The van der Waals surface area contributed by atoms with Gasteiger partial charge >= 0.3 is 0 Å². The van der Waals surface area contributed by atoms with Crippen LogP contribution in [0.2, 0.25) is 0 Å². The summed E-state index contributed by atoms with van der Waals surface area (Å²) >= 11 is 5.35. The standard InChI is InChI=1S/C12H18BrNS/c13-10-8-12(15-9-10)6-3-7-14-11-4-1-2-5-11/h8-9,11,14H,1-7H2. The zero-order chi connectivity index (χ0) is 10.5. The molecule has 1 N–H and O–H groups in total. The summed E-state index contributed by atoms with van der Waals surface area (Å²) in [6.45, 7) is 1.18. The van der Waals surface area contributed by atoms with Crippen molar-refractivity contribution in [2.75, 3.05) is 6.54 Å². The van der Waals surface area contributed by atoms with Crippen molar-refractivity contribution in [3.63, 3.8) is 0 Å². The second-order valence-corrected chi connectivity index (χ2v) is 6.18. The number of rotatable bonds is 5. The number of nitrogens with one attached hydrogen (secondary N) is 1. The molecule has 3 heteroatoms. The van der Waals surface area contributed by atoms with E-state index in [4.69, 9.17) is 0 Å². The molecule has 1 heterocycles. The Hall–Kier alpha value is 0.140. The quantitative estimate of drug-likeness (QED) is 0.808. The molecule has 1 aliphatic rings. The molecule has 0 amide bonds. The summed E-state index contributed by atoms with van der Waals surface area (Å²) in [5, 5.41) is 5.82. The van der Waals surface area contributed by atoms with E-state index in [9.17, 15) is 0 Å². The van der Waals surface area contributed by atoms with Crippen LogP contribution in [0.4, 0.5) is 0 Å². The highest BCUT2D eigenvalue weighted by atomic mass is 79.9. The van der Waals surface area contributed by atoms with E-state index in [1.807, 2.05) is 11.3 Å². The molecule has 1 aliphatic carbocycles. The van der Waals surface area contributed by atoms with Crippen molar-refractivity contribution in [3.05, 3.63) is 20.8 Å². The highest BCUT2D eigenvalue weighted by Gasteiger charge is 2.13. The molecule has 0 spiro atoms. The van der Waals surface area contributed by atoms with Crippen molar-refractivity contribution in [2.24, 2.45) is 0 Å². The van der Waals surface area contributed by atoms with E-state index in [0.29, 0.717) is 0 Å². The third kappa shape index (κ3) is 3.89. The Bertz CT molecular complexity index is 292. The van der Waals surface area contributed by atoms with Crippen molar-refractivity contribution >= 4 is 27.3 Å². The summed E-state index contributed by atoms with van der Waals surface area (Å²) in [6.07, 6.45) is 8.12. The first-order valence-electron chi connectivity index (χ1n) is 5.81. The number of thiophene rings is 1. The number of hydrogen-bond donors (Lipinski definition) is 1. The third-order valence-corrected chi connectivity index (χ3v) is 4.77. The maximum Gasteiger partial charge on any atom is 0.0285 e. The molecule has 15 heavy (non-hydrogen) atoms. The van der Waals surface area contributed by atoms with Gasteiger partial charge in [0.25, 0.3) is 0 Å². The van der Waals surface area contributed by atoms with Gasteiger partial charge in [0.15, 0.2) is 0 Å². The van der Waals surface area contributed by atoms with Crippen LogP contribution in [0.25, 0.3) is 0 Å².